The molecule has 4 aromatic rings. The molecule has 1 unspecified atom stereocenters. The van der Waals surface area contributed by atoms with Crippen LogP contribution in [0.1, 0.15) is 24.3 Å². The Kier molecular flexibility index (Phi) is 4.99. The molecule has 2 fully saturated rings. The predicted octanol–water partition coefficient (Wildman–Crippen LogP) is 2.49. The van der Waals surface area contributed by atoms with Gasteiger partial charge in [-0.1, -0.05) is 12.1 Å². The van der Waals surface area contributed by atoms with Crippen molar-refractivity contribution < 1.29 is 4.21 Å². The van der Waals surface area contributed by atoms with Crippen molar-refractivity contribution in [2.45, 2.75) is 23.7 Å². The minimum atomic E-state index is -1.15. The second kappa shape index (κ2) is 8.03. The van der Waals surface area contributed by atoms with Crippen molar-refractivity contribution in [2.75, 3.05) is 31.1 Å². The van der Waals surface area contributed by atoms with E-state index >= 15 is 0 Å². The van der Waals surface area contributed by atoms with Gasteiger partial charge in [0.25, 0.3) is 0 Å². The van der Waals surface area contributed by atoms with E-state index in [0.29, 0.717) is 19.0 Å². The number of hydrogen-bond donors (Lipinski definition) is 0. The van der Waals surface area contributed by atoms with Gasteiger partial charge in [0, 0.05) is 46.5 Å². The Morgan fingerprint density at radius 3 is 2.42 bits per heavy atom. The van der Waals surface area contributed by atoms with Gasteiger partial charge >= 0.3 is 0 Å². The maximum Gasteiger partial charge on any atom is 0.165 e. The summed E-state index contributed by atoms with van der Waals surface area (Å²) in [4.78, 5) is 17.0. The number of fused-ring (bicyclic) bond motifs is 1. The maximum atomic E-state index is 13.1. The maximum absolute atomic E-state index is 13.1. The normalized spacial score (nSPS) is 18.2. The van der Waals surface area contributed by atoms with E-state index in [9.17, 15) is 4.21 Å². The van der Waals surface area contributed by atoms with E-state index in [1.807, 2.05) is 41.3 Å². The fourth-order valence-electron chi connectivity index (χ4n) is 4.50. The number of benzene rings is 1. The van der Waals surface area contributed by atoms with Crippen molar-refractivity contribution in [3.63, 3.8) is 0 Å². The van der Waals surface area contributed by atoms with Crippen molar-refractivity contribution in [2.24, 2.45) is 14.1 Å². The molecule has 2 aliphatic rings. The highest BCUT2D eigenvalue weighted by Crippen LogP contribution is 2.40. The Labute approximate surface area is 194 Å². The number of piperazine rings is 1. The SMILES string of the molecule is Cn1cc(-c2nc3c(N4CCN(S(=O)c5ccc(C6CC6)cc5)CC4)ncnc3n2C)cn1. The zero-order chi connectivity index (χ0) is 22.5. The highest BCUT2D eigenvalue weighted by atomic mass is 32.2. The molecule has 0 N–H and O–H groups in total. The summed E-state index contributed by atoms with van der Waals surface area (Å²) in [6, 6.07) is 8.33. The molecule has 10 heteroatoms. The van der Waals surface area contributed by atoms with Gasteiger partial charge in [0.2, 0.25) is 0 Å². The van der Waals surface area contributed by atoms with Gasteiger partial charge in [0.05, 0.1) is 16.7 Å². The molecule has 1 saturated carbocycles. The van der Waals surface area contributed by atoms with Crippen molar-refractivity contribution in [1.29, 1.82) is 0 Å². The van der Waals surface area contributed by atoms with Crippen LogP contribution in [0.3, 0.4) is 0 Å². The number of aromatic nitrogens is 6. The summed E-state index contributed by atoms with van der Waals surface area (Å²) in [7, 11) is 2.71. The minimum Gasteiger partial charge on any atom is -0.352 e. The summed E-state index contributed by atoms with van der Waals surface area (Å²) in [6.45, 7) is 2.86. The van der Waals surface area contributed by atoms with Crippen LogP contribution in [0.25, 0.3) is 22.6 Å². The smallest absolute Gasteiger partial charge is 0.165 e. The monoisotopic (exact) mass is 462 g/mol. The lowest BCUT2D eigenvalue weighted by atomic mass is 10.1. The third kappa shape index (κ3) is 3.72. The molecular formula is C23H26N8OS. The van der Waals surface area contributed by atoms with Gasteiger partial charge in [0.1, 0.15) is 23.1 Å². The molecule has 0 amide bonds. The summed E-state index contributed by atoms with van der Waals surface area (Å²) in [5.74, 6) is 2.35. The van der Waals surface area contributed by atoms with Gasteiger partial charge < -0.3 is 9.47 Å². The summed E-state index contributed by atoms with van der Waals surface area (Å²) in [6.07, 6.45) is 7.90. The van der Waals surface area contributed by atoms with Crippen LogP contribution in [0.4, 0.5) is 5.82 Å². The third-order valence-corrected chi connectivity index (χ3v) is 8.01. The lowest BCUT2D eigenvalue weighted by Gasteiger charge is -2.34. The zero-order valence-corrected chi connectivity index (χ0v) is 19.6. The molecule has 0 radical (unpaired) electrons. The van der Waals surface area contributed by atoms with E-state index in [-0.39, 0.29) is 0 Å². The number of aryl methyl sites for hydroxylation is 2. The van der Waals surface area contributed by atoms with Gasteiger partial charge in [-0.25, -0.2) is 23.5 Å². The van der Waals surface area contributed by atoms with Crippen LogP contribution in [0.5, 0.6) is 0 Å². The van der Waals surface area contributed by atoms with E-state index in [1.165, 1.54) is 18.4 Å². The Balaban J connectivity index is 1.20. The highest BCUT2D eigenvalue weighted by molar-refractivity contribution is 7.82. The van der Waals surface area contributed by atoms with Crippen molar-refractivity contribution >= 4 is 28.0 Å². The van der Waals surface area contributed by atoms with Crippen molar-refractivity contribution in [1.82, 2.24) is 33.6 Å². The number of nitrogens with zero attached hydrogens (tertiary/aromatic N) is 8. The van der Waals surface area contributed by atoms with E-state index in [0.717, 1.165) is 46.4 Å². The molecule has 33 heavy (non-hydrogen) atoms. The fourth-order valence-corrected chi connectivity index (χ4v) is 5.66. The molecule has 1 aromatic carbocycles. The second-order valence-corrected chi connectivity index (χ2v) is 10.3. The lowest BCUT2D eigenvalue weighted by Crippen LogP contribution is -2.47. The van der Waals surface area contributed by atoms with Crippen LogP contribution >= 0.6 is 0 Å². The van der Waals surface area contributed by atoms with Crippen molar-refractivity contribution in [3.8, 4) is 11.4 Å². The van der Waals surface area contributed by atoms with Crippen LogP contribution in [-0.2, 0) is 25.1 Å². The molecule has 9 nitrogen and oxygen atoms in total. The molecular weight excluding hydrogens is 436 g/mol. The van der Waals surface area contributed by atoms with E-state index < -0.39 is 11.0 Å². The van der Waals surface area contributed by atoms with Crippen molar-refractivity contribution in [3.05, 3.63) is 48.5 Å². The van der Waals surface area contributed by atoms with Gasteiger partial charge in [-0.2, -0.15) is 5.10 Å². The average molecular weight is 463 g/mol. The molecule has 3 aromatic heterocycles. The Bertz CT molecular complexity index is 1330. The number of hydrogen-bond acceptors (Lipinski definition) is 6. The first-order chi connectivity index (χ1) is 16.1. The number of anilines is 1. The van der Waals surface area contributed by atoms with Gasteiger partial charge in [-0.3, -0.25) is 4.68 Å². The predicted molar refractivity (Wildman–Crippen MR) is 127 cm³/mol. The third-order valence-electron chi connectivity index (χ3n) is 6.50. The van der Waals surface area contributed by atoms with Gasteiger partial charge in [-0.05, 0) is 36.5 Å². The molecule has 6 rings (SSSR count). The molecule has 170 valence electrons. The topological polar surface area (TPSA) is 85.0 Å². The zero-order valence-electron chi connectivity index (χ0n) is 18.8. The van der Waals surface area contributed by atoms with Gasteiger partial charge in [0.15, 0.2) is 17.0 Å². The first kappa shape index (κ1) is 20.5. The van der Waals surface area contributed by atoms with Crippen LogP contribution in [0.15, 0.2) is 47.9 Å². The first-order valence-corrected chi connectivity index (χ1v) is 12.4. The molecule has 1 aliphatic carbocycles. The first-order valence-electron chi connectivity index (χ1n) is 11.3. The van der Waals surface area contributed by atoms with E-state index in [4.69, 9.17) is 4.98 Å². The van der Waals surface area contributed by atoms with Crippen LogP contribution in [-0.4, -0.2) is 64.0 Å². The summed E-state index contributed by atoms with van der Waals surface area (Å²) >= 11 is 0. The highest BCUT2D eigenvalue weighted by Gasteiger charge is 2.27. The molecule has 1 saturated heterocycles. The lowest BCUT2D eigenvalue weighted by molar-refractivity contribution is 0.409. The fraction of sp³-hybridized carbons (Fsp3) is 0.391. The van der Waals surface area contributed by atoms with E-state index in [1.54, 1.807) is 17.2 Å². The summed E-state index contributed by atoms with van der Waals surface area (Å²) in [5.41, 5.74) is 3.89. The van der Waals surface area contributed by atoms with Crippen LogP contribution in [0.2, 0.25) is 0 Å². The summed E-state index contributed by atoms with van der Waals surface area (Å²) in [5, 5.41) is 4.27. The van der Waals surface area contributed by atoms with Crippen LogP contribution < -0.4 is 4.90 Å². The second-order valence-electron chi connectivity index (χ2n) is 8.78. The number of imidazole rings is 1. The standard InChI is InChI=1S/C23H26N8OS/c1-28-14-18(13-26-28)21-27-20-22(29(21)2)24-15-25-23(20)30-9-11-31(12-10-30)33(32)19-7-5-17(6-8-19)16-3-4-16/h5-8,13-16H,3-4,9-12H2,1-2H3. The molecule has 4 heterocycles. The molecule has 1 atom stereocenters. The van der Waals surface area contributed by atoms with E-state index in [2.05, 4.69) is 32.1 Å². The quantitative estimate of drug-likeness (QED) is 0.453. The molecule has 0 spiro atoms. The average Bonchev–Trinajstić information content (AvgIpc) is 3.53. The number of rotatable bonds is 5. The van der Waals surface area contributed by atoms with Crippen LogP contribution in [0, 0.1) is 0 Å². The summed E-state index contributed by atoms with van der Waals surface area (Å²) < 4.78 is 18.9. The Morgan fingerprint density at radius 2 is 1.76 bits per heavy atom. The minimum absolute atomic E-state index is 0.699. The largest absolute Gasteiger partial charge is 0.352 e. The molecule has 1 aliphatic heterocycles. The Hall–Kier alpha value is -3.11. The molecule has 0 bridgehead atoms. The Morgan fingerprint density at radius 1 is 1.00 bits per heavy atom. The van der Waals surface area contributed by atoms with Gasteiger partial charge in [-0.15, -0.1) is 0 Å².